The number of aliphatic carboxylic acids is 1. The molecule has 0 amide bonds. The van der Waals surface area contributed by atoms with E-state index in [1.807, 2.05) is 23.1 Å². The standard InChI is InChI=1S/C14H13N3O2/c18-14(19)4-1-10-7-15-6-5-13(10)11-8-16-17(9-11)12-2-3-12/h1,4-9,12H,2-3H2,(H,18,19)/b4-1+. The number of pyridine rings is 1. The van der Waals surface area contributed by atoms with E-state index in [9.17, 15) is 4.79 Å². The van der Waals surface area contributed by atoms with Crippen molar-refractivity contribution in [1.82, 2.24) is 14.8 Å². The number of nitrogens with zero attached hydrogens (tertiary/aromatic N) is 3. The summed E-state index contributed by atoms with van der Waals surface area (Å²) >= 11 is 0. The Morgan fingerprint density at radius 1 is 1.42 bits per heavy atom. The van der Waals surface area contributed by atoms with Crippen molar-refractivity contribution < 1.29 is 9.90 Å². The fourth-order valence-corrected chi connectivity index (χ4v) is 1.98. The Morgan fingerprint density at radius 3 is 3.00 bits per heavy atom. The predicted molar refractivity (Wildman–Crippen MR) is 70.4 cm³/mol. The Labute approximate surface area is 110 Å². The van der Waals surface area contributed by atoms with Gasteiger partial charge < -0.3 is 5.11 Å². The molecule has 1 fully saturated rings. The molecule has 0 bridgehead atoms. The first-order valence-corrected chi connectivity index (χ1v) is 6.13. The van der Waals surface area contributed by atoms with Crippen molar-refractivity contribution in [2.75, 3.05) is 0 Å². The lowest BCUT2D eigenvalue weighted by Crippen LogP contribution is -1.92. The second kappa shape index (κ2) is 4.68. The van der Waals surface area contributed by atoms with E-state index in [0.29, 0.717) is 6.04 Å². The molecule has 2 heterocycles. The first-order chi connectivity index (χ1) is 9.24. The van der Waals surface area contributed by atoms with Gasteiger partial charge in [0.2, 0.25) is 0 Å². The third-order valence-electron chi connectivity index (χ3n) is 3.09. The van der Waals surface area contributed by atoms with Crippen LogP contribution in [0.2, 0.25) is 0 Å². The van der Waals surface area contributed by atoms with Gasteiger partial charge in [0.15, 0.2) is 0 Å². The maximum absolute atomic E-state index is 10.6. The molecule has 0 radical (unpaired) electrons. The van der Waals surface area contributed by atoms with Gasteiger partial charge in [-0.3, -0.25) is 9.67 Å². The number of hydrogen-bond donors (Lipinski definition) is 1. The summed E-state index contributed by atoms with van der Waals surface area (Å²) < 4.78 is 1.97. The average Bonchev–Trinajstić information content (AvgIpc) is 3.15. The van der Waals surface area contributed by atoms with Crippen molar-refractivity contribution in [3.8, 4) is 11.1 Å². The molecule has 1 aliphatic carbocycles. The van der Waals surface area contributed by atoms with E-state index in [2.05, 4.69) is 10.1 Å². The lowest BCUT2D eigenvalue weighted by Gasteiger charge is -2.02. The SMILES string of the molecule is O=C(O)/C=C/c1cnccc1-c1cnn(C2CC2)c1. The second-order valence-corrected chi connectivity index (χ2v) is 4.57. The van der Waals surface area contributed by atoms with Gasteiger partial charge in [0, 0.05) is 35.8 Å². The van der Waals surface area contributed by atoms with Crippen molar-refractivity contribution in [2.45, 2.75) is 18.9 Å². The number of rotatable bonds is 4. The zero-order chi connectivity index (χ0) is 13.2. The number of aromatic nitrogens is 3. The van der Waals surface area contributed by atoms with Gasteiger partial charge in [-0.2, -0.15) is 5.10 Å². The quantitative estimate of drug-likeness (QED) is 0.852. The van der Waals surface area contributed by atoms with E-state index in [0.717, 1.165) is 22.8 Å². The smallest absolute Gasteiger partial charge is 0.328 e. The Bertz CT molecular complexity index is 642. The third-order valence-corrected chi connectivity index (χ3v) is 3.09. The first-order valence-electron chi connectivity index (χ1n) is 6.13. The van der Waals surface area contributed by atoms with Crippen LogP contribution in [0.1, 0.15) is 24.4 Å². The number of carboxylic acids is 1. The lowest BCUT2D eigenvalue weighted by molar-refractivity contribution is -0.131. The molecule has 0 spiro atoms. The largest absolute Gasteiger partial charge is 0.478 e. The van der Waals surface area contributed by atoms with Gasteiger partial charge in [-0.1, -0.05) is 0 Å². The van der Waals surface area contributed by atoms with Crippen LogP contribution in [0.25, 0.3) is 17.2 Å². The van der Waals surface area contributed by atoms with Gasteiger partial charge in [-0.15, -0.1) is 0 Å². The molecule has 0 saturated heterocycles. The van der Waals surface area contributed by atoms with Crippen LogP contribution >= 0.6 is 0 Å². The van der Waals surface area contributed by atoms with Crippen molar-refractivity contribution in [3.63, 3.8) is 0 Å². The molecule has 0 aromatic carbocycles. The summed E-state index contributed by atoms with van der Waals surface area (Å²) in [6.45, 7) is 0. The summed E-state index contributed by atoms with van der Waals surface area (Å²) in [7, 11) is 0. The Kier molecular flexibility index (Phi) is 2.87. The highest BCUT2D eigenvalue weighted by Gasteiger charge is 2.24. The van der Waals surface area contributed by atoms with Gasteiger partial charge in [0.05, 0.1) is 12.2 Å². The van der Waals surface area contributed by atoms with E-state index in [1.54, 1.807) is 18.5 Å². The molecule has 3 rings (SSSR count). The number of carboxylic acid groups (broad SMARTS) is 1. The van der Waals surface area contributed by atoms with Gasteiger partial charge in [0.1, 0.15) is 0 Å². The predicted octanol–water partition coefficient (Wildman–Crippen LogP) is 2.38. The van der Waals surface area contributed by atoms with Crippen LogP contribution in [0, 0.1) is 0 Å². The monoisotopic (exact) mass is 255 g/mol. The van der Waals surface area contributed by atoms with Crippen LogP contribution in [-0.2, 0) is 4.79 Å². The highest BCUT2D eigenvalue weighted by molar-refractivity contribution is 5.87. The topological polar surface area (TPSA) is 68.0 Å². The maximum Gasteiger partial charge on any atom is 0.328 e. The minimum atomic E-state index is -0.969. The lowest BCUT2D eigenvalue weighted by atomic mass is 10.1. The summed E-state index contributed by atoms with van der Waals surface area (Å²) in [5.41, 5.74) is 2.71. The van der Waals surface area contributed by atoms with E-state index < -0.39 is 5.97 Å². The molecule has 96 valence electrons. The zero-order valence-corrected chi connectivity index (χ0v) is 10.2. The van der Waals surface area contributed by atoms with Crippen LogP contribution in [0.5, 0.6) is 0 Å². The molecule has 5 heteroatoms. The Hall–Kier alpha value is -2.43. The van der Waals surface area contributed by atoms with E-state index in [1.165, 1.54) is 12.8 Å². The molecule has 0 unspecified atom stereocenters. The third kappa shape index (κ3) is 2.54. The summed E-state index contributed by atoms with van der Waals surface area (Å²) in [4.78, 5) is 14.6. The molecule has 2 aromatic rings. The summed E-state index contributed by atoms with van der Waals surface area (Å²) in [5.74, 6) is -0.969. The molecular weight excluding hydrogens is 242 g/mol. The van der Waals surface area contributed by atoms with Gasteiger partial charge in [-0.05, 0) is 30.5 Å². The molecule has 1 aliphatic rings. The number of carbonyl (C=O) groups is 1. The molecule has 19 heavy (non-hydrogen) atoms. The van der Waals surface area contributed by atoms with Crippen molar-refractivity contribution in [1.29, 1.82) is 0 Å². The molecular formula is C14H13N3O2. The summed E-state index contributed by atoms with van der Waals surface area (Å²) in [5, 5.41) is 13.0. The van der Waals surface area contributed by atoms with E-state index in [4.69, 9.17) is 5.11 Å². The van der Waals surface area contributed by atoms with Crippen LogP contribution < -0.4 is 0 Å². The average molecular weight is 255 g/mol. The van der Waals surface area contributed by atoms with Crippen LogP contribution in [-0.4, -0.2) is 25.8 Å². The molecule has 0 aliphatic heterocycles. The van der Waals surface area contributed by atoms with Crippen LogP contribution in [0.15, 0.2) is 36.9 Å². The Balaban J connectivity index is 1.96. The molecule has 1 saturated carbocycles. The van der Waals surface area contributed by atoms with Crippen molar-refractivity contribution in [2.24, 2.45) is 0 Å². The normalized spacial score (nSPS) is 14.9. The van der Waals surface area contributed by atoms with Gasteiger partial charge >= 0.3 is 5.97 Å². The fourth-order valence-electron chi connectivity index (χ4n) is 1.98. The minimum absolute atomic E-state index is 0.536. The minimum Gasteiger partial charge on any atom is -0.478 e. The van der Waals surface area contributed by atoms with Crippen molar-refractivity contribution in [3.05, 3.63) is 42.5 Å². The summed E-state index contributed by atoms with van der Waals surface area (Å²) in [6.07, 6.45) is 12.2. The van der Waals surface area contributed by atoms with Gasteiger partial charge in [0.25, 0.3) is 0 Å². The van der Waals surface area contributed by atoms with Gasteiger partial charge in [-0.25, -0.2) is 4.79 Å². The highest BCUT2D eigenvalue weighted by atomic mass is 16.4. The zero-order valence-electron chi connectivity index (χ0n) is 10.2. The highest BCUT2D eigenvalue weighted by Crippen LogP contribution is 2.35. The molecule has 0 atom stereocenters. The fraction of sp³-hybridized carbons (Fsp3) is 0.214. The molecule has 2 aromatic heterocycles. The summed E-state index contributed by atoms with van der Waals surface area (Å²) in [6, 6.07) is 2.41. The maximum atomic E-state index is 10.6. The van der Waals surface area contributed by atoms with E-state index in [-0.39, 0.29) is 0 Å². The second-order valence-electron chi connectivity index (χ2n) is 4.57. The van der Waals surface area contributed by atoms with Crippen molar-refractivity contribution >= 4 is 12.0 Å². The molecule has 1 N–H and O–H groups in total. The van der Waals surface area contributed by atoms with E-state index >= 15 is 0 Å². The Morgan fingerprint density at radius 2 is 2.26 bits per heavy atom. The first kappa shape index (κ1) is 11.6. The number of hydrogen-bond acceptors (Lipinski definition) is 3. The van der Waals surface area contributed by atoms with Crippen LogP contribution in [0.3, 0.4) is 0 Å². The van der Waals surface area contributed by atoms with Crippen LogP contribution in [0.4, 0.5) is 0 Å². The molecule has 5 nitrogen and oxygen atoms in total.